The van der Waals surface area contributed by atoms with Crippen molar-refractivity contribution in [3.63, 3.8) is 0 Å². The van der Waals surface area contributed by atoms with E-state index >= 15 is 0 Å². The Bertz CT molecular complexity index is 1040. The van der Waals surface area contributed by atoms with Gasteiger partial charge in [-0.05, 0) is 42.5 Å². The van der Waals surface area contributed by atoms with Gasteiger partial charge in [0.2, 0.25) is 5.91 Å². The van der Waals surface area contributed by atoms with E-state index in [2.05, 4.69) is 49.6 Å². The second kappa shape index (κ2) is 10.6. The third-order valence-electron chi connectivity index (χ3n) is 5.14. The fourth-order valence-electron chi connectivity index (χ4n) is 3.47. The molecule has 1 fully saturated rings. The molecule has 1 aliphatic rings. The van der Waals surface area contributed by atoms with Crippen molar-refractivity contribution in [1.29, 1.82) is 0 Å². The Labute approximate surface area is 196 Å². The number of benzene rings is 2. The van der Waals surface area contributed by atoms with E-state index in [4.69, 9.17) is 16.3 Å². The third kappa shape index (κ3) is 5.63. The average Bonchev–Trinajstić information content (AvgIpc) is 2.84. The van der Waals surface area contributed by atoms with Crippen molar-refractivity contribution in [2.24, 2.45) is 0 Å². The Kier molecular flexibility index (Phi) is 7.34. The lowest BCUT2D eigenvalue weighted by molar-refractivity contribution is -0.113. The number of para-hydroxylation sites is 1. The Morgan fingerprint density at radius 3 is 2.44 bits per heavy atom. The molecule has 0 unspecified atom stereocenters. The number of piperazine rings is 1. The highest BCUT2D eigenvalue weighted by atomic mass is 35.5. The molecular weight excluding hydrogens is 446 g/mol. The first-order valence-electron chi connectivity index (χ1n) is 10.3. The second-order valence-corrected chi connectivity index (χ2v) is 8.63. The highest BCUT2D eigenvalue weighted by molar-refractivity contribution is 7.99. The predicted octanol–water partition coefficient (Wildman–Crippen LogP) is 4.20. The van der Waals surface area contributed by atoms with Crippen molar-refractivity contribution >= 4 is 46.5 Å². The Balaban J connectivity index is 1.25. The molecular formula is C23H24ClN5O2S. The summed E-state index contributed by atoms with van der Waals surface area (Å²) in [6.07, 6.45) is 0. The minimum atomic E-state index is -0.140. The topological polar surface area (TPSA) is 70.6 Å². The number of thioether (sulfide) groups is 1. The molecule has 32 heavy (non-hydrogen) atoms. The molecule has 4 rings (SSSR count). The number of ether oxygens (including phenoxy) is 1. The van der Waals surface area contributed by atoms with Crippen molar-refractivity contribution in [3.8, 4) is 5.75 Å². The number of nitrogens with one attached hydrogen (secondary N) is 1. The van der Waals surface area contributed by atoms with Crippen molar-refractivity contribution in [3.05, 3.63) is 65.7 Å². The second-order valence-electron chi connectivity index (χ2n) is 7.23. The summed E-state index contributed by atoms with van der Waals surface area (Å²) in [5, 5.41) is 12.6. The summed E-state index contributed by atoms with van der Waals surface area (Å²) in [5.74, 6) is 1.52. The van der Waals surface area contributed by atoms with E-state index in [0.29, 0.717) is 21.5 Å². The lowest BCUT2D eigenvalue weighted by Crippen LogP contribution is -2.46. The molecule has 2 aromatic carbocycles. The van der Waals surface area contributed by atoms with E-state index in [1.54, 1.807) is 25.3 Å². The molecule has 1 aliphatic heterocycles. The van der Waals surface area contributed by atoms with Crippen molar-refractivity contribution in [1.82, 2.24) is 10.2 Å². The maximum atomic E-state index is 12.2. The van der Waals surface area contributed by atoms with Gasteiger partial charge < -0.3 is 19.9 Å². The summed E-state index contributed by atoms with van der Waals surface area (Å²) < 4.78 is 5.12. The van der Waals surface area contributed by atoms with E-state index in [9.17, 15) is 4.79 Å². The summed E-state index contributed by atoms with van der Waals surface area (Å²) >= 11 is 7.44. The van der Waals surface area contributed by atoms with Gasteiger partial charge in [0.15, 0.2) is 5.82 Å². The number of hydrogen-bond acceptors (Lipinski definition) is 7. The standard InChI is InChI=1S/C23H24ClN5O2S/c1-31-20-8-7-17(15-19(20)24)25-22(30)16-32-23-10-9-21(26-27-23)29-13-11-28(12-14-29)18-5-3-2-4-6-18/h2-10,15H,11-14,16H2,1H3,(H,25,30). The number of nitrogens with zero attached hydrogens (tertiary/aromatic N) is 4. The predicted molar refractivity (Wildman–Crippen MR) is 130 cm³/mol. The number of rotatable bonds is 7. The molecule has 1 saturated heterocycles. The summed E-state index contributed by atoms with van der Waals surface area (Å²) in [6, 6.07) is 19.5. The number of methoxy groups -OCH3 is 1. The number of anilines is 3. The van der Waals surface area contributed by atoms with Crippen LogP contribution in [0.2, 0.25) is 5.02 Å². The van der Waals surface area contributed by atoms with Gasteiger partial charge in [0, 0.05) is 37.6 Å². The maximum Gasteiger partial charge on any atom is 0.234 e. The molecule has 0 spiro atoms. The molecule has 7 nitrogen and oxygen atoms in total. The van der Waals surface area contributed by atoms with Gasteiger partial charge in [-0.15, -0.1) is 10.2 Å². The van der Waals surface area contributed by atoms with Crippen LogP contribution in [0.3, 0.4) is 0 Å². The molecule has 0 radical (unpaired) electrons. The first-order chi connectivity index (χ1) is 15.6. The molecule has 3 aromatic rings. The normalized spacial score (nSPS) is 13.7. The Morgan fingerprint density at radius 1 is 1.03 bits per heavy atom. The fourth-order valence-corrected chi connectivity index (χ4v) is 4.34. The zero-order valence-corrected chi connectivity index (χ0v) is 19.3. The van der Waals surface area contributed by atoms with Crippen LogP contribution in [0.1, 0.15) is 0 Å². The minimum absolute atomic E-state index is 0.140. The van der Waals surface area contributed by atoms with Gasteiger partial charge in [-0.2, -0.15) is 0 Å². The number of hydrogen-bond donors (Lipinski definition) is 1. The molecule has 0 atom stereocenters. The lowest BCUT2D eigenvalue weighted by Gasteiger charge is -2.36. The SMILES string of the molecule is COc1ccc(NC(=O)CSc2ccc(N3CCN(c4ccccc4)CC3)nn2)cc1Cl. The fraction of sp³-hybridized carbons (Fsp3) is 0.261. The van der Waals surface area contributed by atoms with Crippen LogP contribution < -0.4 is 19.9 Å². The van der Waals surface area contributed by atoms with Crippen LogP contribution >= 0.6 is 23.4 Å². The van der Waals surface area contributed by atoms with E-state index in [1.807, 2.05) is 18.2 Å². The van der Waals surface area contributed by atoms with E-state index in [0.717, 1.165) is 32.0 Å². The van der Waals surface area contributed by atoms with Crippen LogP contribution in [0.4, 0.5) is 17.2 Å². The van der Waals surface area contributed by atoms with Crippen molar-refractivity contribution in [2.75, 3.05) is 54.2 Å². The molecule has 1 aromatic heterocycles. The Hall–Kier alpha value is -2.97. The van der Waals surface area contributed by atoms with Crippen LogP contribution in [0.25, 0.3) is 0 Å². The third-order valence-corrected chi connectivity index (χ3v) is 6.35. The van der Waals surface area contributed by atoms with Crippen LogP contribution in [-0.4, -0.2) is 55.1 Å². The van der Waals surface area contributed by atoms with Crippen LogP contribution in [0.5, 0.6) is 5.75 Å². The molecule has 1 amide bonds. The summed E-state index contributed by atoms with van der Waals surface area (Å²) in [4.78, 5) is 16.9. The summed E-state index contributed by atoms with van der Waals surface area (Å²) in [6.45, 7) is 3.67. The molecule has 9 heteroatoms. The van der Waals surface area contributed by atoms with Crippen molar-refractivity contribution in [2.45, 2.75) is 5.03 Å². The molecule has 166 valence electrons. The molecule has 0 aliphatic carbocycles. The summed E-state index contributed by atoms with van der Waals surface area (Å²) in [7, 11) is 1.55. The van der Waals surface area contributed by atoms with Gasteiger partial charge in [-0.25, -0.2) is 0 Å². The van der Waals surface area contributed by atoms with E-state index in [1.165, 1.54) is 17.4 Å². The van der Waals surface area contributed by atoms with Gasteiger partial charge in [0.1, 0.15) is 10.8 Å². The van der Waals surface area contributed by atoms with Crippen LogP contribution in [0, 0.1) is 0 Å². The number of carbonyl (C=O) groups is 1. The average molecular weight is 470 g/mol. The number of carbonyl (C=O) groups excluding carboxylic acids is 1. The number of aromatic nitrogens is 2. The minimum Gasteiger partial charge on any atom is -0.495 e. The largest absolute Gasteiger partial charge is 0.495 e. The molecule has 0 saturated carbocycles. The quantitative estimate of drug-likeness (QED) is 0.520. The first-order valence-corrected chi connectivity index (χ1v) is 11.6. The molecule has 0 bridgehead atoms. The van der Waals surface area contributed by atoms with E-state index in [-0.39, 0.29) is 11.7 Å². The van der Waals surface area contributed by atoms with Crippen molar-refractivity contribution < 1.29 is 9.53 Å². The van der Waals surface area contributed by atoms with Crippen LogP contribution in [0.15, 0.2) is 65.7 Å². The van der Waals surface area contributed by atoms with Gasteiger partial charge in [0.05, 0.1) is 17.9 Å². The number of halogens is 1. The van der Waals surface area contributed by atoms with Gasteiger partial charge >= 0.3 is 0 Å². The highest BCUT2D eigenvalue weighted by Crippen LogP contribution is 2.27. The van der Waals surface area contributed by atoms with Gasteiger partial charge in [-0.1, -0.05) is 41.6 Å². The number of amides is 1. The first kappa shape index (κ1) is 22.2. The highest BCUT2D eigenvalue weighted by Gasteiger charge is 2.18. The smallest absolute Gasteiger partial charge is 0.234 e. The van der Waals surface area contributed by atoms with Gasteiger partial charge in [-0.3, -0.25) is 4.79 Å². The molecule has 2 heterocycles. The zero-order chi connectivity index (χ0) is 22.3. The van der Waals surface area contributed by atoms with Gasteiger partial charge in [0.25, 0.3) is 0 Å². The van der Waals surface area contributed by atoms with Crippen LogP contribution in [-0.2, 0) is 4.79 Å². The van der Waals surface area contributed by atoms with E-state index < -0.39 is 0 Å². The monoisotopic (exact) mass is 469 g/mol. The Morgan fingerprint density at radius 2 is 1.78 bits per heavy atom. The zero-order valence-electron chi connectivity index (χ0n) is 17.7. The lowest BCUT2D eigenvalue weighted by atomic mass is 10.2. The maximum absolute atomic E-state index is 12.2. The molecule has 1 N–H and O–H groups in total. The summed E-state index contributed by atoms with van der Waals surface area (Å²) in [5.41, 5.74) is 1.87.